The van der Waals surface area contributed by atoms with Crippen LogP contribution in [0.15, 0.2) is 18.2 Å². The highest BCUT2D eigenvalue weighted by molar-refractivity contribution is 5.96. The molecule has 1 aromatic carbocycles. The maximum absolute atomic E-state index is 12.9. The van der Waals surface area contributed by atoms with Crippen LogP contribution in [0.1, 0.15) is 34.3 Å². The van der Waals surface area contributed by atoms with Crippen molar-refractivity contribution in [1.82, 2.24) is 20.4 Å². The van der Waals surface area contributed by atoms with E-state index in [1.807, 2.05) is 21.9 Å². The van der Waals surface area contributed by atoms with E-state index in [2.05, 4.69) is 16.7 Å². The second-order valence-electron chi connectivity index (χ2n) is 6.81. The largest absolute Gasteiger partial charge is 0.338 e. The van der Waals surface area contributed by atoms with Gasteiger partial charge in [-0.2, -0.15) is 0 Å². The summed E-state index contributed by atoms with van der Waals surface area (Å²) in [6.45, 7) is 5.05. The smallest absolute Gasteiger partial charge is 0.254 e. The van der Waals surface area contributed by atoms with E-state index in [0.717, 1.165) is 43.6 Å². The molecule has 1 aromatic rings. The Kier molecular flexibility index (Phi) is 4.24. The normalized spacial score (nSPS) is 23.4. The van der Waals surface area contributed by atoms with Crippen LogP contribution in [0.2, 0.25) is 0 Å². The molecule has 0 saturated carbocycles. The van der Waals surface area contributed by atoms with Crippen molar-refractivity contribution in [2.45, 2.75) is 32.0 Å². The Morgan fingerprint density at radius 1 is 1.04 bits per heavy atom. The van der Waals surface area contributed by atoms with Crippen molar-refractivity contribution >= 4 is 11.8 Å². The molecule has 2 fully saturated rings. The van der Waals surface area contributed by atoms with Crippen LogP contribution in [-0.4, -0.2) is 60.4 Å². The van der Waals surface area contributed by atoms with E-state index in [-0.39, 0.29) is 17.9 Å². The van der Waals surface area contributed by atoms with Crippen molar-refractivity contribution < 1.29 is 9.59 Å². The molecule has 24 heavy (non-hydrogen) atoms. The van der Waals surface area contributed by atoms with Gasteiger partial charge in [0, 0.05) is 44.8 Å². The van der Waals surface area contributed by atoms with Gasteiger partial charge >= 0.3 is 0 Å². The van der Waals surface area contributed by atoms with E-state index in [9.17, 15) is 9.59 Å². The molecule has 128 valence electrons. The molecule has 0 aromatic heterocycles. The zero-order valence-electron chi connectivity index (χ0n) is 13.9. The van der Waals surface area contributed by atoms with Crippen molar-refractivity contribution in [3.8, 4) is 0 Å². The molecule has 0 spiro atoms. The number of piperazine rings is 1. The monoisotopic (exact) mass is 328 g/mol. The van der Waals surface area contributed by atoms with Gasteiger partial charge < -0.3 is 20.4 Å². The maximum atomic E-state index is 12.9. The lowest BCUT2D eigenvalue weighted by Gasteiger charge is -2.36. The van der Waals surface area contributed by atoms with Crippen LogP contribution in [0, 0.1) is 0 Å². The summed E-state index contributed by atoms with van der Waals surface area (Å²) in [5.74, 6) is 0.297. The van der Waals surface area contributed by atoms with Crippen molar-refractivity contribution in [1.29, 1.82) is 0 Å². The average molecular weight is 328 g/mol. The molecule has 2 saturated heterocycles. The molecule has 3 heterocycles. The number of fused-ring (bicyclic) bond motifs is 1. The summed E-state index contributed by atoms with van der Waals surface area (Å²) in [6.07, 6.45) is 2.00. The van der Waals surface area contributed by atoms with Crippen LogP contribution in [-0.2, 0) is 17.9 Å². The Labute approximate surface area is 142 Å². The first-order valence-corrected chi connectivity index (χ1v) is 8.87. The minimum Gasteiger partial charge on any atom is -0.338 e. The van der Waals surface area contributed by atoms with E-state index in [1.165, 1.54) is 5.56 Å². The van der Waals surface area contributed by atoms with Gasteiger partial charge in [-0.05, 0) is 36.6 Å². The van der Waals surface area contributed by atoms with E-state index in [0.29, 0.717) is 26.2 Å². The molecule has 3 aliphatic heterocycles. The highest BCUT2D eigenvalue weighted by Crippen LogP contribution is 2.22. The quantitative estimate of drug-likeness (QED) is 0.821. The second-order valence-corrected chi connectivity index (χ2v) is 6.81. The van der Waals surface area contributed by atoms with Crippen LogP contribution in [0.3, 0.4) is 0 Å². The molecule has 1 unspecified atom stereocenters. The van der Waals surface area contributed by atoms with Crippen LogP contribution in [0.4, 0.5) is 0 Å². The number of carbonyl (C=O) groups is 2. The number of nitrogens with one attached hydrogen (secondary N) is 2. The highest BCUT2D eigenvalue weighted by Gasteiger charge is 2.31. The number of rotatable bonds is 2. The van der Waals surface area contributed by atoms with E-state index >= 15 is 0 Å². The van der Waals surface area contributed by atoms with Crippen molar-refractivity contribution in [3.63, 3.8) is 0 Å². The van der Waals surface area contributed by atoms with Gasteiger partial charge in [0.15, 0.2) is 0 Å². The van der Waals surface area contributed by atoms with Crippen LogP contribution in [0.5, 0.6) is 0 Å². The fourth-order valence-corrected chi connectivity index (χ4v) is 3.95. The van der Waals surface area contributed by atoms with Gasteiger partial charge in [-0.15, -0.1) is 0 Å². The van der Waals surface area contributed by atoms with Gasteiger partial charge in [-0.3, -0.25) is 9.59 Å². The topological polar surface area (TPSA) is 64.7 Å². The summed E-state index contributed by atoms with van der Waals surface area (Å²) in [5, 5.41) is 6.57. The first kappa shape index (κ1) is 15.6. The minimum atomic E-state index is -0.0179. The number of hydrogen-bond donors (Lipinski definition) is 2. The van der Waals surface area contributed by atoms with Crippen LogP contribution >= 0.6 is 0 Å². The van der Waals surface area contributed by atoms with E-state index in [4.69, 9.17) is 0 Å². The van der Waals surface area contributed by atoms with Gasteiger partial charge in [0.2, 0.25) is 5.91 Å². The Bertz CT molecular complexity index is 646. The summed E-state index contributed by atoms with van der Waals surface area (Å²) >= 11 is 0. The minimum absolute atomic E-state index is 0.0179. The molecular formula is C18H24N4O2. The van der Waals surface area contributed by atoms with Crippen molar-refractivity contribution in [2.75, 3.05) is 32.7 Å². The molecule has 6 nitrogen and oxygen atoms in total. The number of amides is 2. The van der Waals surface area contributed by atoms with Crippen molar-refractivity contribution in [3.05, 3.63) is 34.9 Å². The fraction of sp³-hybridized carbons (Fsp3) is 0.556. The maximum Gasteiger partial charge on any atom is 0.254 e. The number of hydrogen-bond acceptors (Lipinski definition) is 4. The Hall–Kier alpha value is -1.92. The van der Waals surface area contributed by atoms with Crippen LogP contribution < -0.4 is 10.6 Å². The molecular weight excluding hydrogens is 304 g/mol. The van der Waals surface area contributed by atoms with Crippen LogP contribution in [0.25, 0.3) is 0 Å². The molecule has 3 aliphatic rings. The lowest BCUT2D eigenvalue weighted by atomic mass is 10.0. The fourth-order valence-electron chi connectivity index (χ4n) is 3.95. The predicted octanol–water partition coefficient (Wildman–Crippen LogP) is 0.326. The molecule has 4 rings (SSSR count). The molecule has 0 aliphatic carbocycles. The molecule has 2 N–H and O–H groups in total. The molecule has 0 bridgehead atoms. The van der Waals surface area contributed by atoms with Gasteiger partial charge in [0.05, 0.1) is 6.04 Å². The predicted molar refractivity (Wildman–Crippen MR) is 90.5 cm³/mol. The van der Waals surface area contributed by atoms with Gasteiger partial charge in [-0.25, -0.2) is 0 Å². The summed E-state index contributed by atoms with van der Waals surface area (Å²) in [4.78, 5) is 29.1. The van der Waals surface area contributed by atoms with Gasteiger partial charge in [-0.1, -0.05) is 12.1 Å². The molecule has 6 heteroatoms. The zero-order valence-corrected chi connectivity index (χ0v) is 13.9. The number of benzene rings is 1. The lowest BCUT2D eigenvalue weighted by Crippen LogP contribution is -2.54. The van der Waals surface area contributed by atoms with E-state index in [1.54, 1.807) is 0 Å². The Balaban J connectivity index is 1.40. The first-order valence-electron chi connectivity index (χ1n) is 8.87. The summed E-state index contributed by atoms with van der Waals surface area (Å²) in [7, 11) is 0. The lowest BCUT2D eigenvalue weighted by molar-refractivity contribution is -0.134. The summed E-state index contributed by atoms with van der Waals surface area (Å²) < 4.78 is 0. The Morgan fingerprint density at radius 3 is 2.58 bits per heavy atom. The second kappa shape index (κ2) is 6.53. The number of carbonyl (C=O) groups excluding carboxylic acids is 2. The zero-order chi connectivity index (χ0) is 16.5. The SMILES string of the molecule is O=C(c1cccc2c1CNC2)N1CCN(C(=O)C2CCCN2)CC1. The molecule has 1 atom stereocenters. The third-order valence-electron chi connectivity index (χ3n) is 5.36. The van der Waals surface area contributed by atoms with Gasteiger partial charge in [0.1, 0.15) is 0 Å². The summed E-state index contributed by atoms with van der Waals surface area (Å²) in [5.41, 5.74) is 3.17. The Morgan fingerprint density at radius 2 is 1.83 bits per heavy atom. The number of nitrogens with zero attached hydrogens (tertiary/aromatic N) is 2. The third kappa shape index (κ3) is 2.80. The van der Waals surface area contributed by atoms with E-state index < -0.39 is 0 Å². The molecule has 2 amide bonds. The van der Waals surface area contributed by atoms with Gasteiger partial charge in [0.25, 0.3) is 5.91 Å². The third-order valence-corrected chi connectivity index (χ3v) is 5.36. The van der Waals surface area contributed by atoms with Crippen molar-refractivity contribution in [2.24, 2.45) is 0 Å². The highest BCUT2D eigenvalue weighted by atomic mass is 16.2. The summed E-state index contributed by atoms with van der Waals surface area (Å²) in [6, 6.07) is 5.95. The average Bonchev–Trinajstić information content (AvgIpc) is 3.31. The first-order chi connectivity index (χ1) is 11.7. The molecule has 0 radical (unpaired) electrons. The standard InChI is InChI=1S/C18H24N4O2/c23-17(14-4-1-3-13-11-19-12-15(13)14)21-7-9-22(10-8-21)18(24)16-5-2-6-20-16/h1,3-4,16,19-20H,2,5-12H2.